The van der Waals surface area contributed by atoms with Crippen LogP contribution in [-0.4, -0.2) is 54.4 Å². The van der Waals surface area contributed by atoms with E-state index in [1.165, 1.54) is 24.2 Å². The van der Waals surface area contributed by atoms with Gasteiger partial charge in [0.2, 0.25) is 0 Å². The molecular weight excluding hydrogens is 320 g/mol. The number of carbonyl (C=O) groups excluding carboxylic acids is 1. The number of carbonyl (C=O) groups is 2. The van der Waals surface area contributed by atoms with Gasteiger partial charge in [-0.05, 0) is 37.1 Å². The lowest BCUT2D eigenvalue weighted by Crippen LogP contribution is -2.48. The van der Waals surface area contributed by atoms with Gasteiger partial charge >= 0.3 is 12.1 Å². The summed E-state index contributed by atoms with van der Waals surface area (Å²) in [4.78, 5) is 26.6. The van der Waals surface area contributed by atoms with Gasteiger partial charge in [0, 0.05) is 43.6 Å². The second-order valence-corrected chi connectivity index (χ2v) is 6.74. The molecule has 0 atom stereocenters. The number of urea groups is 1. The molecule has 0 radical (unpaired) electrons. The van der Waals surface area contributed by atoms with Crippen molar-refractivity contribution in [3.63, 3.8) is 0 Å². The summed E-state index contributed by atoms with van der Waals surface area (Å²) in [6.45, 7) is 2.39. The van der Waals surface area contributed by atoms with Crippen molar-refractivity contribution in [2.45, 2.75) is 38.1 Å². The van der Waals surface area contributed by atoms with E-state index in [1.807, 2.05) is 24.3 Å². The molecule has 25 heavy (non-hydrogen) atoms. The van der Waals surface area contributed by atoms with Crippen LogP contribution in [0.25, 0.3) is 0 Å². The summed E-state index contributed by atoms with van der Waals surface area (Å²) in [5.41, 5.74) is 1.81. The molecule has 0 spiro atoms. The topological polar surface area (TPSA) is 84.9 Å². The van der Waals surface area contributed by atoms with Crippen molar-refractivity contribution in [1.29, 1.82) is 0 Å². The van der Waals surface area contributed by atoms with Crippen molar-refractivity contribution in [3.05, 3.63) is 24.3 Å². The number of hydrogen-bond donors (Lipinski definition) is 3. The van der Waals surface area contributed by atoms with Crippen molar-refractivity contribution >= 4 is 23.5 Å². The van der Waals surface area contributed by atoms with Crippen molar-refractivity contribution in [2.24, 2.45) is 0 Å². The summed E-state index contributed by atoms with van der Waals surface area (Å²) in [6.07, 6.45) is 4.91. The number of nitrogens with zero attached hydrogens (tertiary/aromatic N) is 2. The maximum Gasteiger partial charge on any atom is 0.407 e. The average molecular weight is 346 g/mol. The molecule has 3 N–H and O–H groups in total. The first-order valence-electron chi connectivity index (χ1n) is 9.02. The van der Waals surface area contributed by atoms with Crippen LogP contribution in [0.4, 0.5) is 21.0 Å². The van der Waals surface area contributed by atoms with Crippen LogP contribution in [0.2, 0.25) is 0 Å². The first-order chi connectivity index (χ1) is 12.1. The van der Waals surface area contributed by atoms with E-state index in [-0.39, 0.29) is 6.03 Å². The number of nitrogens with one attached hydrogen (secondary N) is 2. The Hall–Kier alpha value is -2.44. The summed E-state index contributed by atoms with van der Waals surface area (Å²) in [5, 5.41) is 14.9. The van der Waals surface area contributed by atoms with Gasteiger partial charge in [0.1, 0.15) is 0 Å². The Balaban J connectivity index is 1.48. The van der Waals surface area contributed by atoms with Gasteiger partial charge in [-0.25, -0.2) is 9.59 Å². The predicted molar refractivity (Wildman–Crippen MR) is 97.3 cm³/mol. The van der Waals surface area contributed by atoms with Crippen LogP contribution in [0.15, 0.2) is 24.3 Å². The van der Waals surface area contributed by atoms with Gasteiger partial charge < -0.3 is 25.5 Å². The highest BCUT2D eigenvalue weighted by atomic mass is 16.4. The molecule has 0 unspecified atom stereocenters. The van der Waals surface area contributed by atoms with Crippen LogP contribution in [0.5, 0.6) is 0 Å². The second-order valence-electron chi connectivity index (χ2n) is 6.74. The van der Waals surface area contributed by atoms with Gasteiger partial charge in [-0.15, -0.1) is 0 Å². The molecule has 1 aromatic rings. The Morgan fingerprint density at radius 3 is 2.20 bits per heavy atom. The first-order valence-corrected chi connectivity index (χ1v) is 9.02. The van der Waals surface area contributed by atoms with Crippen molar-refractivity contribution < 1.29 is 14.7 Å². The van der Waals surface area contributed by atoms with E-state index in [9.17, 15) is 9.59 Å². The van der Waals surface area contributed by atoms with E-state index >= 15 is 0 Å². The summed E-state index contributed by atoms with van der Waals surface area (Å²) < 4.78 is 0. The monoisotopic (exact) mass is 346 g/mol. The van der Waals surface area contributed by atoms with Gasteiger partial charge in [-0.2, -0.15) is 0 Å². The molecule has 136 valence electrons. The SMILES string of the molecule is O=C(Nc1ccc(N2CCN(C(=O)O)CC2)cc1)NC1CCCCC1. The van der Waals surface area contributed by atoms with Gasteiger partial charge in [0.15, 0.2) is 0 Å². The lowest BCUT2D eigenvalue weighted by Gasteiger charge is -2.34. The Morgan fingerprint density at radius 1 is 0.960 bits per heavy atom. The fraction of sp³-hybridized carbons (Fsp3) is 0.556. The summed E-state index contributed by atoms with van der Waals surface area (Å²) in [6, 6.07) is 7.85. The zero-order valence-corrected chi connectivity index (χ0v) is 14.4. The van der Waals surface area contributed by atoms with E-state index in [0.717, 1.165) is 24.2 Å². The highest BCUT2D eigenvalue weighted by Gasteiger charge is 2.20. The Labute approximate surface area is 148 Å². The molecule has 3 rings (SSSR count). The highest BCUT2D eigenvalue weighted by Crippen LogP contribution is 2.20. The molecule has 2 aliphatic rings. The molecule has 0 aromatic heterocycles. The third-order valence-corrected chi connectivity index (χ3v) is 4.98. The van der Waals surface area contributed by atoms with Gasteiger partial charge in [-0.1, -0.05) is 19.3 Å². The number of rotatable bonds is 3. The third kappa shape index (κ3) is 4.78. The third-order valence-electron chi connectivity index (χ3n) is 4.98. The molecule has 3 amide bonds. The number of benzene rings is 1. The molecular formula is C18H26N4O3. The normalized spacial score (nSPS) is 18.7. The minimum atomic E-state index is -0.858. The van der Waals surface area contributed by atoms with Gasteiger partial charge in [0.25, 0.3) is 0 Å². The van der Waals surface area contributed by atoms with Gasteiger partial charge in [0.05, 0.1) is 0 Å². The number of amides is 3. The number of carboxylic acid groups (broad SMARTS) is 1. The molecule has 1 saturated heterocycles. The minimum Gasteiger partial charge on any atom is -0.465 e. The number of piperazine rings is 1. The number of hydrogen-bond acceptors (Lipinski definition) is 3. The summed E-state index contributed by atoms with van der Waals surface area (Å²) >= 11 is 0. The Morgan fingerprint density at radius 2 is 1.60 bits per heavy atom. The minimum absolute atomic E-state index is 0.144. The van der Waals surface area contributed by atoms with Crippen molar-refractivity contribution in [3.8, 4) is 0 Å². The van der Waals surface area contributed by atoms with E-state index in [0.29, 0.717) is 32.2 Å². The molecule has 0 bridgehead atoms. The fourth-order valence-corrected chi connectivity index (χ4v) is 3.51. The van der Waals surface area contributed by atoms with E-state index in [4.69, 9.17) is 5.11 Å². The summed E-state index contributed by atoms with van der Waals surface area (Å²) in [5.74, 6) is 0. The van der Waals surface area contributed by atoms with Crippen LogP contribution >= 0.6 is 0 Å². The van der Waals surface area contributed by atoms with Crippen LogP contribution in [0.1, 0.15) is 32.1 Å². The Bertz CT molecular complexity index is 591. The van der Waals surface area contributed by atoms with Crippen LogP contribution in [0, 0.1) is 0 Å². The quantitative estimate of drug-likeness (QED) is 0.785. The maximum atomic E-state index is 12.1. The summed E-state index contributed by atoms with van der Waals surface area (Å²) in [7, 11) is 0. The maximum absolute atomic E-state index is 12.1. The molecule has 1 saturated carbocycles. The largest absolute Gasteiger partial charge is 0.465 e. The molecule has 7 heteroatoms. The molecule has 7 nitrogen and oxygen atoms in total. The smallest absolute Gasteiger partial charge is 0.407 e. The van der Waals surface area contributed by atoms with Crippen molar-refractivity contribution in [1.82, 2.24) is 10.2 Å². The lowest BCUT2D eigenvalue weighted by atomic mass is 9.96. The van der Waals surface area contributed by atoms with Crippen LogP contribution in [0.3, 0.4) is 0 Å². The Kier molecular flexibility index (Phi) is 5.63. The average Bonchev–Trinajstić information content (AvgIpc) is 2.63. The highest BCUT2D eigenvalue weighted by molar-refractivity contribution is 5.89. The molecule has 1 aliphatic carbocycles. The van der Waals surface area contributed by atoms with Crippen LogP contribution < -0.4 is 15.5 Å². The molecule has 2 fully saturated rings. The zero-order chi connectivity index (χ0) is 17.6. The second kappa shape index (κ2) is 8.09. The predicted octanol–water partition coefficient (Wildman–Crippen LogP) is 2.94. The lowest BCUT2D eigenvalue weighted by molar-refractivity contribution is 0.142. The van der Waals surface area contributed by atoms with Crippen molar-refractivity contribution in [2.75, 3.05) is 36.4 Å². The zero-order valence-electron chi connectivity index (χ0n) is 14.4. The standard InChI is InChI=1S/C18H26N4O3/c23-17(19-14-4-2-1-3-5-14)20-15-6-8-16(9-7-15)21-10-12-22(13-11-21)18(24)25/h6-9,14H,1-5,10-13H2,(H,24,25)(H2,19,20,23). The van der Waals surface area contributed by atoms with E-state index < -0.39 is 6.09 Å². The van der Waals surface area contributed by atoms with Crippen LogP contribution in [-0.2, 0) is 0 Å². The number of anilines is 2. The van der Waals surface area contributed by atoms with Gasteiger partial charge in [-0.3, -0.25) is 0 Å². The molecule has 1 aliphatic heterocycles. The molecule has 1 heterocycles. The fourth-order valence-electron chi connectivity index (χ4n) is 3.51. The first kappa shape index (κ1) is 17.4. The van der Waals surface area contributed by atoms with E-state index in [2.05, 4.69) is 15.5 Å². The molecule has 1 aromatic carbocycles. The van der Waals surface area contributed by atoms with E-state index in [1.54, 1.807) is 0 Å².